The Morgan fingerprint density at radius 3 is 2.53 bits per heavy atom. The van der Waals surface area contributed by atoms with Gasteiger partial charge in [-0.25, -0.2) is 0 Å². The van der Waals surface area contributed by atoms with Gasteiger partial charge in [-0.05, 0) is 62.4 Å². The molecule has 5 nitrogen and oxygen atoms in total. The molecular weight excluding hydrogens is 463 g/mol. The minimum Gasteiger partial charge on any atom is -0.352 e. The Kier molecular flexibility index (Phi) is 6.93. The number of nitrogens with one attached hydrogen (secondary N) is 2. The third kappa shape index (κ3) is 5.09. The van der Waals surface area contributed by atoms with Crippen LogP contribution in [0.1, 0.15) is 48.7 Å². The second-order valence-electron chi connectivity index (χ2n) is 8.53. The van der Waals surface area contributed by atoms with Crippen molar-refractivity contribution in [3.05, 3.63) is 59.8 Å². The van der Waals surface area contributed by atoms with E-state index in [-0.39, 0.29) is 23.2 Å². The number of alkyl halides is 3. The van der Waals surface area contributed by atoms with Gasteiger partial charge in [0.25, 0.3) is 5.91 Å². The van der Waals surface area contributed by atoms with Crippen molar-refractivity contribution in [3.63, 3.8) is 0 Å². The molecule has 0 bridgehead atoms. The van der Waals surface area contributed by atoms with Crippen LogP contribution in [-0.2, 0) is 11.0 Å². The van der Waals surface area contributed by atoms with Crippen molar-refractivity contribution in [1.29, 1.82) is 0 Å². The molecule has 0 spiro atoms. The van der Waals surface area contributed by atoms with Gasteiger partial charge < -0.3 is 10.3 Å². The Hall–Kier alpha value is -2.94. The maximum atomic E-state index is 13.7. The van der Waals surface area contributed by atoms with Gasteiger partial charge in [0.05, 0.1) is 5.56 Å². The van der Waals surface area contributed by atoms with Crippen molar-refractivity contribution in [2.24, 2.45) is 0 Å². The molecule has 1 aliphatic carbocycles. The summed E-state index contributed by atoms with van der Waals surface area (Å²) in [4.78, 5) is 31.9. The summed E-state index contributed by atoms with van der Waals surface area (Å²) in [6, 6.07) is 11.4. The Morgan fingerprint density at radius 2 is 1.85 bits per heavy atom. The first kappa shape index (κ1) is 24.2. The summed E-state index contributed by atoms with van der Waals surface area (Å²) < 4.78 is 39.4. The van der Waals surface area contributed by atoms with Crippen LogP contribution >= 0.6 is 11.8 Å². The maximum absolute atomic E-state index is 13.7. The molecular formula is C25H26F3N3O2S. The molecule has 3 aromatic rings. The van der Waals surface area contributed by atoms with E-state index in [0.717, 1.165) is 42.7 Å². The van der Waals surface area contributed by atoms with E-state index in [1.54, 1.807) is 13.0 Å². The number of nitrogens with zero attached hydrogens (tertiary/aromatic N) is 1. The first-order chi connectivity index (χ1) is 16.2. The third-order valence-electron chi connectivity index (χ3n) is 6.20. The zero-order valence-electron chi connectivity index (χ0n) is 18.9. The maximum Gasteiger partial charge on any atom is 0.416 e. The molecule has 2 aromatic carbocycles. The Morgan fingerprint density at radius 1 is 1.12 bits per heavy atom. The van der Waals surface area contributed by atoms with Gasteiger partial charge in [0.2, 0.25) is 5.91 Å². The van der Waals surface area contributed by atoms with Gasteiger partial charge in [0, 0.05) is 27.5 Å². The number of carbonyl (C=O) groups excluding carboxylic acids is 2. The van der Waals surface area contributed by atoms with Crippen LogP contribution in [0.2, 0.25) is 0 Å². The van der Waals surface area contributed by atoms with Crippen LogP contribution in [0.5, 0.6) is 0 Å². The average molecular weight is 490 g/mol. The standard InChI is InChI=1S/C25H26F3N3O2S/c1-15(23(32)29-18-6-3-4-7-18)31(19-8-5-9-20(14-19)34-2)24(33)22-12-16-10-11-17(25(26,27)28)13-21(16)30-22/h5,8-15,18,30H,3-4,6-7H2,1-2H3,(H,29,32)/t15-/m0/s1. The lowest BCUT2D eigenvalue weighted by molar-refractivity contribution is -0.137. The summed E-state index contributed by atoms with van der Waals surface area (Å²) in [6.07, 6.45) is 1.38. The highest BCUT2D eigenvalue weighted by Crippen LogP contribution is 2.32. The van der Waals surface area contributed by atoms with E-state index in [2.05, 4.69) is 10.3 Å². The van der Waals surface area contributed by atoms with Crippen LogP contribution < -0.4 is 10.2 Å². The third-order valence-corrected chi connectivity index (χ3v) is 6.92. The van der Waals surface area contributed by atoms with Gasteiger partial charge in [-0.15, -0.1) is 11.8 Å². The van der Waals surface area contributed by atoms with E-state index in [1.807, 2.05) is 24.5 Å². The van der Waals surface area contributed by atoms with Crippen LogP contribution in [0.4, 0.5) is 18.9 Å². The molecule has 0 aliphatic heterocycles. The summed E-state index contributed by atoms with van der Waals surface area (Å²) in [5, 5.41) is 3.52. The largest absolute Gasteiger partial charge is 0.416 e. The lowest BCUT2D eigenvalue weighted by atomic mass is 10.1. The number of amides is 2. The summed E-state index contributed by atoms with van der Waals surface area (Å²) in [7, 11) is 0. The van der Waals surface area contributed by atoms with Gasteiger partial charge in [-0.1, -0.05) is 25.0 Å². The SMILES string of the molecule is CSc1cccc(N(C(=O)c2cc3ccc(C(F)(F)F)cc3[nH]2)[C@@H](C)C(=O)NC2CCCC2)c1. The van der Waals surface area contributed by atoms with Crippen molar-refractivity contribution in [1.82, 2.24) is 10.3 Å². The van der Waals surface area contributed by atoms with Gasteiger partial charge in [0.1, 0.15) is 11.7 Å². The monoisotopic (exact) mass is 489 g/mol. The molecule has 9 heteroatoms. The quantitative estimate of drug-likeness (QED) is 0.417. The number of benzene rings is 2. The summed E-state index contributed by atoms with van der Waals surface area (Å²) in [5.74, 6) is -0.748. The number of aromatic nitrogens is 1. The zero-order chi connectivity index (χ0) is 24.5. The summed E-state index contributed by atoms with van der Waals surface area (Å²) in [5.41, 5.74) is 0.0682. The van der Waals surface area contributed by atoms with Crippen molar-refractivity contribution < 1.29 is 22.8 Å². The van der Waals surface area contributed by atoms with Crippen LogP contribution in [-0.4, -0.2) is 35.1 Å². The Bertz CT molecular complexity index is 1200. The number of thioether (sulfide) groups is 1. The van der Waals surface area contributed by atoms with Crippen LogP contribution in [0.3, 0.4) is 0 Å². The molecule has 1 fully saturated rings. The zero-order valence-corrected chi connectivity index (χ0v) is 19.7. The predicted octanol–water partition coefficient (Wildman–Crippen LogP) is 6.00. The molecule has 0 radical (unpaired) electrons. The normalized spacial score (nSPS) is 15.4. The highest BCUT2D eigenvalue weighted by molar-refractivity contribution is 7.98. The van der Waals surface area contributed by atoms with Crippen LogP contribution in [0, 0.1) is 0 Å². The number of carbonyl (C=O) groups is 2. The van der Waals surface area contributed by atoms with Crippen molar-refractivity contribution in [3.8, 4) is 0 Å². The fourth-order valence-corrected chi connectivity index (χ4v) is 4.79. The molecule has 2 N–H and O–H groups in total. The van der Waals surface area contributed by atoms with Gasteiger partial charge in [0.15, 0.2) is 0 Å². The molecule has 2 amide bonds. The highest BCUT2D eigenvalue weighted by Gasteiger charge is 2.33. The van der Waals surface area contributed by atoms with E-state index in [1.165, 1.54) is 28.8 Å². The lowest BCUT2D eigenvalue weighted by Crippen LogP contribution is -2.50. The minimum atomic E-state index is -4.49. The molecule has 4 rings (SSSR count). The van der Waals surface area contributed by atoms with Gasteiger partial charge in [-0.3, -0.25) is 14.5 Å². The van der Waals surface area contributed by atoms with Crippen molar-refractivity contribution >= 4 is 40.2 Å². The Labute approximate surface area is 200 Å². The predicted molar refractivity (Wildman–Crippen MR) is 128 cm³/mol. The number of hydrogen-bond donors (Lipinski definition) is 2. The molecule has 1 aromatic heterocycles. The Balaban J connectivity index is 1.70. The fraction of sp³-hybridized carbons (Fsp3) is 0.360. The molecule has 1 heterocycles. The molecule has 0 unspecified atom stereocenters. The van der Waals surface area contributed by atoms with E-state index in [9.17, 15) is 22.8 Å². The first-order valence-corrected chi connectivity index (χ1v) is 12.4. The first-order valence-electron chi connectivity index (χ1n) is 11.2. The lowest BCUT2D eigenvalue weighted by Gasteiger charge is -2.29. The second kappa shape index (κ2) is 9.74. The average Bonchev–Trinajstić information content (AvgIpc) is 3.47. The van der Waals surface area contributed by atoms with E-state index in [0.29, 0.717) is 11.1 Å². The van der Waals surface area contributed by atoms with Crippen LogP contribution in [0.15, 0.2) is 53.4 Å². The summed E-state index contributed by atoms with van der Waals surface area (Å²) in [6.45, 7) is 1.67. The van der Waals surface area contributed by atoms with Crippen molar-refractivity contribution in [2.75, 3.05) is 11.2 Å². The number of hydrogen-bond acceptors (Lipinski definition) is 3. The number of fused-ring (bicyclic) bond motifs is 1. The highest BCUT2D eigenvalue weighted by atomic mass is 32.2. The number of H-pyrrole nitrogens is 1. The number of aromatic amines is 1. The van der Waals surface area contributed by atoms with Crippen LogP contribution in [0.25, 0.3) is 10.9 Å². The van der Waals surface area contributed by atoms with E-state index in [4.69, 9.17) is 0 Å². The van der Waals surface area contributed by atoms with Crippen molar-refractivity contribution in [2.45, 2.75) is 55.8 Å². The van der Waals surface area contributed by atoms with E-state index >= 15 is 0 Å². The van der Waals surface area contributed by atoms with Gasteiger partial charge >= 0.3 is 6.18 Å². The molecule has 180 valence electrons. The number of anilines is 1. The molecule has 1 saturated carbocycles. The summed E-state index contributed by atoms with van der Waals surface area (Å²) >= 11 is 1.51. The minimum absolute atomic E-state index is 0.0956. The number of halogens is 3. The molecule has 0 saturated heterocycles. The van der Waals surface area contributed by atoms with E-state index < -0.39 is 23.7 Å². The topological polar surface area (TPSA) is 65.2 Å². The molecule has 1 atom stereocenters. The van der Waals surface area contributed by atoms with Gasteiger partial charge in [-0.2, -0.15) is 13.2 Å². The molecule has 34 heavy (non-hydrogen) atoms. The smallest absolute Gasteiger partial charge is 0.352 e. The molecule has 1 aliphatic rings. The fourth-order valence-electron chi connectivity index (χ4n) is 4.33. The second-order valence-corrected chi connectivity index (χ2v) is 9.41. The number of rotatable bonds is 6.